The maximum atomic E-state index is 11.3. The number of furan rings is 1. The molecule has 0 radical (unpaired) electrons. The third kappa shape index (κ3) is 2.30. The molecule has 86 valence electrons. The van der Waals surface area contributed by atoms with Crippen LogP contribution in [0.3, 0.4) is 0 Å². The van der Waals surface area contributed by atoms with E-state index in [4.69, 9.17) is 8.94 Å². The van der Waals surface area contributed by atoms with E-state index in [9.17, 15) is 8.42 Å². The van der Waals surface area contributed by atoms with E-state index in [2.05, 4.69) is 10.1 Å². The highest BCUT2D eigenvalue weighted by Crippen LogP contribution is 2.16. The molecule has 7 heteroatoms. The molecule has 0 fully saturated rings. The van der Waals surface area contributed by atoms with Crippen molar-refractivity contribution in [3.63, 3.8) is 0 Å². The SMILES string of the molecule is CCS(=O)(=O)Cc1nc(-c2ccco2)no1. The molecule has 2 heterocycles. The van der Waals surface area contributed by atoms with Gasteiger partial charge in [-0.25, -0.2) is 8.42 Å². The number of rotatable bonds is 4. The van der Waals surface area contributed by atoms with Gasteiger partial charge in [0.15, 0.2) is 15.6 Å². The summed E-state index contributed by atoms with van der Waals surface area (Å²) >= 11 is 0. The van der Waals surface area contributed by atoms with Crippen molar-refractivity contribution in [3.8, 4) is 11.6 Å². The first kappa shape index (κ1) is 10.9. The van der Waals surface area contributed by atoms with Crippen molar-refractivity contribution in [2.24, 2.45) is 0 Å². The highest BCUT2D eigenvalue weighted by Gasteiger charge is 2.16. The molecule has 2 rings (SSSR count). The van der Waals surface area contributed by atoms with Crippen LogP contribution in [0.5, 0.6) is 0 Å². The summed E-state index contributed by atoms with van der Waals surface area (Å²) in [4.78, 5) is 3.94. The zero-order chi connectivity index (χ0) is 11.6. The summed E-state index contributed by atoms with van der Waals surface area (Å²) in [7, 11) is -3.15. The minimum Gasteiger partial charge on any atom is -0.461 e. The van der Waals surface area contributed by atoms with E-state index in [-0.39, 0.29) is 23.2 Å². The van der Waals surface area contributed by atoms with E-state index in [1.165, 1.54) is 6.26 Å². The highest BCUT2D eigenvalue weighted by atomic mass is 32.2. The fourth-order valence-corrected chi connectivity index (χ4v) is 1.81. The smallest absolute Gasteiger partial charge is 0.242 e. The fourth-order valence-electron chi connectivity index (χ4n) is 1.11. The van der Waals surface area contributed by atoms with Crippen LogP contribution >= 0.6 is 0 Å². The van der Waals surface area contributed by atoms with Crippen LogP contribution in [0.2, 0.25) is 0 Å². The van der Waals surface area contributed by atoms with Crippen molar-refractivity contribution in [1.82, 2.24) is 10.1 Å². The van der Waals surface area contributed by atoms with Gasteiger partial charge in [0.1, 0.15) is 5.75 Å². The molecule has 0 amide bonds. The van der Waals surface area contributed by atoms with Gasteiger partial charge in [0.05, 0.1) is 6.26 Å². The average molecular weight is 242 g/mol. The topological polar surface area (TPSA) is 86.2 Å². The quantitative estimate of drug-likeness (QED) is 0.802. The van der Waals surface area contributed by atoms with Crippen molar-refractivity contribution in [2.45, 2.75) is 12.7 Å². The van der Waals surface area contributed by atoms with Gasteiger partial charge in [0, 0.05) is 5.75 Å². The summed E-state index contributed by atoms with van der Waals surface area (Å²) in [5.41, 5.74) is 0. The van der Waals surface area contributed by atoms with E-state index in [1.807, 2.05) is 0 Å². The minimum absolute atomic E-state index is 0.0471. The molecule has 6 nitrogen and oxygen atoms in total. The second kappa shape index (κ2) is 4.09. The first-order valence-electron chi connectivity index (χ1n) is 4.67. The van der Waals surface area contributed by atoms with Gasteiger partial charge in [-0.1, -0.05) is 12.1 Å². The maximum Gasteiger partial charge on any atom is 0.242 e. The summed E-state index contributed by atoms with van der Waals surface area (Å²) in [5.74, 6) is 0.589. The Morgan fingerprint density at radius 2 is 2.25 bits per heavy atom. The fraction of sp³-hybridized carbons (Fsp3) is 0.333. The standard InChI is InChI=1S/C9H10N2O4S/c1-2-16(12,13)6-8-10-9(11-15-8)7-4-3-5-14-7/h3-5H,2,6H2,1H3. The van der Waals surface area contributed by atoms with E-state index >= 15 is 0 Å². The van der Waals surface area contributed by atoms with E-state index in [1.54, 1.807) is 19.1 Å². The lowest BCUT2D eigenvalue weighted by Gasteiger charge is -1.93. The largest absolute Gasteiger partial charge is 0.461 e. The molecule has 0 saturated heterocycles. The monoisotopic (exact) mass is 242 g/mol. The molecular weight excluding hydrogens is 232 g/mol. The Balaban J connectivity index is 2.21. The molecule has 0 atom stereocenters. The molecule has 2 aromatic heterocycles. The first-order valence-corrected chi connectivity index (χ1v) is 6.50. The van der Waals surface area contributed by atoms with Gasteiger partial charge in [-0.05, 0) is 12.1 Å². The Hall–Kier alpha value is -1.63. The van der Waals surface area contributed by atoms with Gasteiger partial charge < -0.3 is 8.94 Å². The van der Waals surface area contributed by atoms with E-state index in [0.29, 0.717) is 5.76 Å². The van der Waals surface area contributed by atoms with Crippen LogP contribution in [0, 0.1) is 0 Å². The summed E-state index contributed by atoms with van der Waals surface area (Å²) in [6.45, 7) is 1.57. The van der Waals surface area contributed by atoms with Crippen molar-refractivity contribution >= 4 is 9.84 Å². The molecule has 0 saturated carbocycles. The summed E-state index contributed by atoms with van der Waals surface area (Å²) < 4.78 is 32.5. The average Bonchev–Trinajstić information content (AvgIpc) is 2.86. The Morgan fingerprint density at radius 1 is 1.44 bits per heavy atom. The van der Waals surface area contributed by atoms with Gasteiger partial charge in [-0.2, -0.15) is 4.98 Å². The lowest BCUT2D eigenvalue weighted by molar-refractivity contribution is 0.388. The number of aromatic nitrogens is 2. The van der Waals surface area contributed by atoms with Crippen molar-refractivity contribution < 1.29 is 17.4 Å². The predicted molar refractivity (Wildman–Crippen MR) is 55.2 cm³/mol. The Kier molecular flexibility index (Phi) is 2.78. The van der Waals surface area contributed by atoms with E-state index in [0.717, 1.165) is 0 Å². The third-order valence-corrected chi connectivity index (χ3v) is 3.56. The van der Waals surface area contributed by atoms with Crippen molar-refractivity contribution in [1.29, 1.82) is 0 Å². The zero-order valence-electron chi connectivity index (χ0n) is 8.58. The molecule has 0 N–H and O–H groups in total. The van der Waals surface area contributed by atoms with Gasteiger partial charge in [0.25, 0.3) is 0 Å². The lowest BCUT2D eigenvalue weighted by Crippen LogP contribution is -2.06. The second-order valence-corrected chi connectivity index (χ2v) is 5.52. The van der Waals surface area contributed by atoms with Crippen LogP contribution < -0.4 is 0 Å². The van der Waals surface area contributed by atoms with Crippen LogP contribution in [0.1, 0.15) is 12.8 Å². The first-order chi connectivity index (χ1) is 7.61. The molecule has 0 aliphatic heterocycles. The Labute approximate surface area is 92.2 Å². The highest BCUT2D eigenvalue weighted by molar-refractivity contribution is 7.90. The maximum absolute atomic E-state index is 11.3. The second-order valence-electron chi connectivity index (χ2n) is 3.17. The predicted octanol–water partition coefficient (Wildman–Crippen LogP) is 1.26. The van der Waals surface area contributed by atoms with Crippen LogP contribution in [-0.2, 0) is 15.6 Å². The third-order valence-electron chi connectivity index (χ3n) is 1.99. The van der Waals surface area contributed by atoms with Crippen LogP contribution in [-0.4, -0.2) is 24.3 Å². The molecular formula is C9H10N2O4S. The Morgan fingerprint density at radius 3 is 2.88 bits per heavy atom. The van der Waals surface area contributed by atoms with Crippen LogP contribution in [0.25, 0.3) is 11.6 Å². The summed E-state index contributed by atoms with van der Waals surface area (Å²) in [6, 6.07) is 3.36. The molecule has 0 unspecified atom stereocenters. The minimum atomic E-state index is -3.15. The van der Waals surface area contributed by atoms with Gasteiger partial charge in [-0.3, -0.25) is 0 Å². The van der Waals surface area contributed by atoms with Crippen molar-refractivity contribution in [3.05, 3.63) is 24.3 Å². The molecule has 0 aromatic carbocycles. The molecule has 0 aliphatic rings. The van der Waals surface area contributed by atoms with Gasteiger partial charge in [-0.15, -0.1) is 0 Å². The van der Waals surface area contributed by atoms with Gasteiger partial charge in [0.2, 0.25) is 11.7 Å². The summed E-state index contributed by atoms with van der Waals surface area (Å²) in [5, 5.41) is 3.63. The van der Waals surface area contributed by atoms with Crippen LogP contribution in [0.15, 0.2) is 27.3 Å². The van der Waals surface area contributed by atoms with Gasteiger partial charge >= 0.3 is 0 Å². The number of sulfone groups is 1. The molecule has 0 spiro atoms. The normalized spacial score (nSPS) is 11.8. The van der Waals surface area contributed by atoms with Crippen LogP contribution in [0.4, 0.5) is 0 Å². The molecule has 2 aromatic rings. The molecule has 0 aliphatic carbocycles. The Bertz CT molecular complexity index is 556. The number of hydrogen-bond acceptors (Lipinski definition) is 6. The zero-order valence-corrected chi connectivity index (χ0v) is 9.40. The summed E-state index contributed by atoms with van der Waals surface area (Å²) in [6.07, 6.45) is 1.48. The van der Waals surface area contributed by atoms with E-state index < -0.39 is 9.84 Å². The lowest BCUT2D eigenvalue weighted by atomic mass is 10.4. The molecule has 16 heavy (non-hydrogen) atoms. The number of nitrogens with zero attached hydrogens (tertiary/aromatic N) is 2. The number of hydrogen-bond donors (Lipinski definition) is 0. The molecule has 0 bridgehead atoms. The van der Waals surface area contributed by atoms with Crippen molar-refractivity contribution in [2.75, 3.05) is 5.75 Å².